The first-order valence-corrected chi connectivity index (χ1v) is 5.39. The number of aryl methyl sites for hydroxylation is 1. The largest absolute Gasteiger partial charge is 0.397 e. The molecule has 0 aliphatic rings. The summed E-state index contributed by atoms with van der Waals surface area (Å²) in [4.78, 5) is 4.08. The maximum atomic E-state index is 5.72. The van der Waals surface area contributed by atoms with Gasteiger partial charge in [0.25, 0.3) is 0 Å². The monoisotopic (exact) mass is 216 g/mol. The van der Waals surface area contributed by atoms with Crippen LogP contribution in [0.25, 0.3) is 5.69 Å². The van der Waals surface area contributed by atoms with Crippen LogP contribution >= 0.6 is 0 Å². The van der Waals surface area contributed by atoms with Crippen LogP contribution in [0.15, 0.2) is 18.5 Å². The lowest BCUT2D eigenvalue weighted by molar-refractivity contribution is 0.828. The number of nitrogens with two attached hydrogens (primary N) is 1. The molecule has 2 aromatic heterocycles. The first-order valence-electron chi connectivity index (χ1n) is 5.39. The number of nitrogens with zero attached hydrogens (tertiary/aromatic N) is 3. The van der Waals surface area contributed by atoms with E-state index >= 15 is 0 Å². The zero-order chi connectivity index (χ0) is 11.7. The molecule has 0 aliphatic heterocycles. The number of hydrogen-bond acceptors (Lipinski definition) is 3. The SMILES string of the molecule is CCc1c(C)nn(-c2cncc(N)c2)c1C. The van der Waals surface area contributed by atoms with Crippen molar-refractivity contribution in [3.63, 3.8) is 0 Å². The van der Waals surface area contributed by atoms with E-state index in [0.29, 0.717) is 5.69 Å². The van der Waals surface area contributed by atoms with E-state index in [1.54, 1.807) is 12.4 Å². The molecule has 2 heterocycles. The number of nitrogen functional groups attached to an aromatic ring is 1. The molecule has 16 heavy (non-hydrogen) atoms. The van der Waals surface area contributed by atoms with Gasteiger partial charge in [-0.3, -0.25) is 4.98 Å². The summed E-state index contributed by atoms with van der Waals surface area (Å²) in [6.45, 7) is 6.24. The van der Waals surface area contributed by atoms with Crippen molar-refractivity contribution in [1.82, 2.24) is 14.8 Å². The van der Waals surface area contributed by atoms with Crippen molar-refractivity contribution in [1.29, 1.82) is 0 Å². The van der Waals surface area contributed by atoms with E-state index in [0.717, 1.165) is 23.5 Å². The van der Waals surface area contributed by atoms with Crippen LogP contribution in [0, 0.1) is 13.8 Å². The average Bonchev–Trinajstić information content (AvgIpc) is 2.54. The van der Waals surface area contributed by atoms with Crippen LogP contribution in [0.4, 0.5) is 5.69 Å². The molecule has 2 aromatic rings. The summed E-state index contributed by atoms with van der Waals surface area (Å²) in [7, 11) is 0. The lowest BCUT2D eigenvalue weighted by Crippen LogP contribution is -2.01. The molecule has 0 amide bonds. The zero-order valence-corrected chi connectivity index (χ0v) is 9.86. The van der Waals surface area contributed by atoms with E-state index in [1.807, 2.05) is 17.7 Å². The van der Waals surface area contributed by atoms with Crippen molar-refractivity contribution in [3.05, 3.63) is 35.4 Å². The fraction of sp³-hybridized carbons (Fsp3) is 0.333. The Balaban J connectivity index is 2.56. The van der Waals surface area contributed by atoms with Crippen molar-refractivity contribution in [2.45, 2.75) is 27.2 Å². The minimum Gasteiger partial charge on any atom is -0.397 e. The number of anilines is 1. The molecule has 2 rings (SSSR count). The summed E-state index contributed by atoms with van der Waals surface area (Å²) in [6.07, 6.45) is 4.40. The van der Waals surface area contributed by atoms with Gasteiger partial charge in [0.2, 0.25) is 0 Å². The van der Waals surface area contributed by atoms with Gasteiger partial charge in [-0.25, -0.2) is 4.68 Å². The Morgan fingerprint density at radius 1 is 1.31 bits per heavy atom. The molecule has 0 aromatic carbocycles. The zero-order valence-electron chi connectivity index (χ0n) is 9.86. The molecule has 0 saturated heterocycles. The molecule has 0 spiro atoms. The second kappa shape index (κ2) is 3.96. The fourth-order valence-electron chi connectivity index (χ4n) is 2.00. The predicted molar refractivity (Wildman–Crippen MR) is 64.6 cm³/mol. The molecule has 0 atom stereocenters. The second-order valence-corrected chi connectivity index (χ2v) is 3.89. The van der Waals surface area contributed by atoms with Gasteiger partial charge in [-0.05, 0) is 31.9 Å². The maximum Gasteiger partial charge on any atom is 0.0852 e. The number of hydrogen-bond donors (Lipinski definition) is 1. The Labute approximate surface area is 95.1 Å². The molecule has 2 N–H and O–H groups in total. The molecule has 0 radical (unpaired) electrons. The van der Waals surface area contributed by atoms with E-state index in [9.17, 15) is 0 Å². The topological polar surface area (TPSA) is 56.7 Å². The third-order valence-corrected chi connectivity index (χ3v) is 2.78. The van der Waals surface area contributed by atoms with E-state index in [4.69, 9.17) is 5.73 Å². The van der Waals surface area contributed by atoms with Crippen LogP contribution in [0.3, 0.4) is 0 Å². The molecule has 0 fully saturated rings. The fourth-order valence-corrected chi connectivity index (χ4v) is 2.00. The van der Waals surface area contributed by atoms with Crippen LogP contribution in [0.2, 0.25) is 0 Å². The summed E-state index contributed by atoms with van der Waals surface area (Å²) in [6, 6.07) is 1.88. The van der Waals surface area contributed by atoms with Crippen molar-refractivity contribution in [2.75, 3.05) is 5.73 Å². The third kappa shape index (κ3) is 1.66. The normalized spacial score (nSPS) is 10.7. The van der Waals surface area contributed by atoms with Gasteiger partial charge < -0.3 is 5.73 Å². The lowest BCUT2D eigenvalue weighted by Gasteiger charge is -2.04. The van der Waals surface area contributed by atoms with E-state index in [1.165, 1.54) is 5.56 Å². The molecular weight excluding hydrogens is 200 g/mol. The molecule has 4 nitrogen and oxygen atoms in total. The van der Waals surface area contributed by atoms with Gasteiger partial charge >= 0.3 is 0 Å². The Hall–Kier alpha value is -1.84. The van der Waals surface area contributed by atoms with E-state index in [2.05, 4.69) is 23.9 Å². The molecule has 0 aliphatic carbocycles. The van der Waals surface area contributed by atoms with Gasteiger partial charge in [0, 0.05) is 11.9 Å². The Bertz CT molecular complexity index is 514. The third-order valence-electron chi connectivity index (χ3n) is 2.78. The van der Waals surface area contributed by atoms with E-state index in [-0.39, 0.29) is 0 Å². The van der Waals surface area contributed by atoms with Crippen LogP contribution in [-0.2, 0) is 6.42 Å². The minimum atomic E-state index is 0.656. The highest BCUT2D eigenvalue weighted by molar-refractivity contribution is 5.45. The molecule has 4 heteroatoms. The molecule has 84 valence electrons. The standard InChI is InChI=1S/C12H16N4/c1-4-12-8(2)15-16(9(12)3)11-5-10(13)6-14-7-11/h5-7H,4,13H2,1-3H3. The van der Waals surface area contributed by atoms with Crippen LogP contribution in [0.5, 0.6) is 0 Å². The Kier molecular flexibility index (Phi) is 2.64. The Morgan fingerprint density at radius 3 is 2.62 bits per heavy atom. The van der Waals surface area contributed by atoms with Gasteiger partial charge in [-0.2, -0.15) is 5.10 Å². The number of pyridine rings is 1. The number of aromatic nitrogens is 3. The van der Waals surface area contributed by atoms with Gasteiger partial charge in [0.15, 0.2) is 0 Å². The van der Waals surface area contributed by atoms with E-state index < -0.39 is 0 Å². The highest BCUT2D eigenvalue weighted by atomic mass is 15.3. The van der Waals surface area contributed by atoms with Crippen molar-refractivity contribution in [2.24, 2.45) is 0 Å². The van der Waals surface area contributed by atoms with Gasteiger partial charge in [0.05, 0.1) is 23.3 Å². The Morgan fingerprint density at radius 2 is 2.06 bits per heavy atom. The predicted octanol–water partition coefficient (Wildman–Crippen LogP) is 2.03. The van der Waals surface area contributed by atoms with Gasteiger partial charge in [0.1, 0.15) is 0 Å². The van der Waals surface area contributed by atoms with Crippen molar-refractivity contribution >= 4 is 5.69 Å². The van der Waals surface area contributed by atoms with Crippen molar-refractivity contribution < 1.29 is 0 Å². The first kappa shape index (κ1) is 10.7. The van der Waals surface area contributed by atoms with Gasteiger partial charge in [-0.1, -0.05) is 6.92 Å². The first-order chi connectivity index (χ1) is 7.63. The van der Waals surface area contributed by atoms with Crippen LogP contribution < -0.4 is 5.73 Å². The molecule has 0 unspecified atom stereocenters. The minimum absolute atomic E-state index is 0.656. The van der Waals surface area contributed by atoms with Crippen LogP contribution in [0.1, 0.15) is 23.9 Å². The summed E-state index contributed by atoms with van der Waals surface area (Å²) in [5.41, 5.74) is 10.8. The summed E-state index contributed by atoms with van der Waals surface area (Å²) in [5.74, 6) is 0. The van der Waals surface area contributed by atoms with Crippen molar-refractivity contribution in [3.8, 4) is 5.69 Å². The summed E-state index contributed by atoms with van der Waals surface area (Å²) < 4.78 is 1.90. The van der Waals surface area contributed by atoms with Crippen LogP contribution in [-0.4, -0.2) is 14.8 Å². The van der Waals surface area contributed by atoms with Gasteiger partial charge in [-0.15, -0.1) is 0 Å². The second-order valence-electron chi connectivity index (χ2n) is 3.89. The smallest absolute Gasteiger partial charge is 0.0852 e. The summed E-state index contributed by atoms with van der Waals surface area (Å²) in [5, 5.41) is 4.51. The molecule has 0 bridgehead atoms. The lowest BCUT2D eigenvalue weighted by atomic mass is 10.1. The maximum absolute atomic E-state index is 5.72. The molecule has 0 saturated carbocycles. The summed E-state index contributed by atoms with van der Waals surface area (Å²) >= 11 is 0. The quantitative estimate of drug-likeness (QED) is 0.835. The highest BCUT2D eigenvalue weighted by Crippen LogP contribution is 2.18. The number of rotatable bonds is 2. The molecular formula is C12H16N4. The highest BCUT2D eigenvalue weighted by Gasteiger charge is 2.11. The average molecular weight is 216 g/mol.